The average Bonchev–Trinajstić information content (AvgIpc) is 2.17. The predicted octanol–water partition coefficient (Wildman–Crippen LogP) is -0.582. The monoisotopic (exact) mass is 232 g/mol. The fourth-order valence-electron chi connectivity index (χ4n) is 1.25. The maximum absolute atomic E-state index is 11.5. The zero-order chi connectivity index (χ0) is 12.8. The average molecular weight is 232 g/mol. The van der Waals surface area contributed by atoms with Crippen LogP contribution in [-0.2, 0) is 19.1 Å². The summed E-state index contributed by atoms with van der Waals surface area (Å²) in [5, 5.41) is 2.67. The molecule has 0 spiro atoms. The Hall–Kier alpha value is -1.14. The van der Waals surface area contributed by atoms with Gasteiger partial charge in [0.05, 0.1) is 31.7 Å². The SMILES string of the molecule is COCC(C)(CC(=O)OC)NC(=O)[C@H](C)N. The molecule has 0 aliphatic heterocycles. The van der Waals surface area contributed by atoms with Crippen LogP contribution in [0.4, 0.5) is 0 Å². The second-order valence-corrected chi connectivity index (χ2v) is 4.02. The van der Waals surface area contributed by atoms with Crippen molar-refractivity contribution in [2.24, 2.45) is 5.73 Å². The van der Waals surface area contributed by atoms with E-state index in [1.807, 2.05) is 0 Å². The van der Waals surface area contributed by atoms with Gasteiger partial charge in [0.25, 0.3) is 0 Å². The number of amides is 1. The van der Waals surface area contributed by atoms with Crippen LogP contribution in [0.15, 0.2) is 0 Å². The number of esters is 1. The van der Waals surface area contributed by atoms with Crippen LogP contribution in [-0.4, -0.2) is 44.3 Å². The summed E-state index contributed by atoms with van der Waals surface area (Å²) in [6.07, 6.45) is 0.0375. The first-order valence-electron chi connectivity index (χ1n) is 4.98. The largest absolute Gasteiger partial charge is 0.469 e. The molecular weight excluding hydrogens is 212 g/mol. The van der Waals surface area contributed by atoms with Gasteiger partial charge in [0.1, 0.15) is 0 Å². The van der Waals surface area contributed by atoms with Gasteiger partial charge in [-0.15, -0.1) is 0 Å². The number of ether oxygens (including phenoxy) is 2. The second kappa shape index (κ2) is 6.44. The molecule has 2 atom stereocenters. The molecule has 1 unspecified atom stereocenters. The van der Waals surface area contributed by atoms with Crippen molar-refractivity contribution in [2.75, 3.05) is 20.8 Å². The van der Waals surface area contributed by atoms with Gasteiger partial charge in [-0.3, -0.25) is 9.59 Å². The number of nitrogens with one attached hydrogen (secondary N) is 1. The minimum Gasteiger partial charge on any atom is -0.469 e. The van der Waals surface area contributed by atoms with Gasteiger partial charge in [0, 0.05) is 7.11 Å². The van der Waals surface area contributed by atoms with Crippen molar-refractivity contribution in [1.82, 2.24) is 5.32 Å². The molecule has 0 aromatic rings. The van der Waals surface area contributed by atoms with E-state index in [-0.39, 0.29) is 18.9 Å². The molecule has 0 aliphatic rings. The van der Waals surface area contributed by atoms with E-state index >= 15 is 0 Å². The molecule has 6 heteroatoms. The first kappa shape index (κ1) is 14.9. The lowest BCUT2D eigenvalue weighted by Crippen LogP contribution is -2.54. The third-order valence-electron chi connectivity index (χ3n) is 2.06. The van der Waals surface area contributed by atoms with Crippen molar-refractivity contribution < 1.29 is 19.1 Å². The van der Waals surface area contributed by atoms with Crippen LogP contribution < -0.4 is 11.1 Å². The van der Waals surface area contributed by atoms with Gasteiger partial charge in [-0.2, -0.15) is 0 Å². The summed E-state index contributed by atoms with van der Waals surface area (Å²) in [6.45, 7) is 3.48. The molecule has 0 bridgehead atoms. The van der Waals surface area contributed by atoms with Crippen LogP contribution in [0.25, 0.3) is 0 Å². The minimum atomic E-state index is -0.799. The summed E-state index contributed by atoms with van der Waals surface area (Å²) in [7, 11) is 2.79. The summed E-state index contributed by atoms with van der Waals surface area (Å²) >= 11 is 0. The van der Waals surface area contributed by atoms with Crippen molar-refractivity contribution in [1.29, 1.82) is 0 Å². The number of rotatable bonds is 6. The summed E-state index contributed by atoms with van der Waals surface area (Å²) in [4.78, 5) is 22.7. The number of nitrogens with two attached hydrogens (primary N) is 1. The van der Waals surface area contributed by atoms with Gasteiger partial charge >= 0.3 is 5.97 Å². The van der Waals surface area contributed by atoms with Crippen LogP contribution in [0.2, 0.25) is 0 Å². The van der Waals surface area contributed by atoms with E-state index in [9.17, 15) is 9.59 Å². The van der Waals surface area contributed by atoms with Crippen LogP contribution in [0.3, 0.4) is 0 Å². The van der Waals surface area contributed by atoms with E-state index in [2.05, 4.69) is 10.1 Å². The maximum atomic E-state index is 11.5. The molecular formula is C10H20N2O4. The molecule has 0 saturated heterocycles. The lowest BCUT2D eigenvalue weighted by molar-refractivity contribution is -0.143. The highest BCUT2D eigenvalue weighted by molar-refractivity contribution is 5.82. The van der Waals surface area contributed by atoms with Crippen LogP contribution >= 0.6 is 0 Å². The third-order valence-corrected chi connectivity index (χ3v) is 2.06. The molecule has 0 aromatic carbocycles. The number of methoxy groups -OCH3 is 2. The first-order valence-corrected chi connectivity index (χ1v) is 4.98. The lowest BCUT2D eigenvalue weighted by atomic mass is 9.98. The van der Waals surface area contributed by atoms with E-state index in [0.29, 0.717) is 0 Å². The van der Waals surface area contributed by atoms with Crippen molar-refractivity contribution in [3.05, 3.63) is 0 Å². The Labute approximate surface area is 95.5 Å². The van der Waals surface area contributed by atoms with E-state index in [4.69, 9.17) is 10.5 Å². The number of carbonyl (C=O) groups is 2. The molecule has 0 radical (unpaired) electrons. The summed E-state index contributed by atoms with van der Waals surface area (Å²) < 4.78 is 9.53. The third kappa shape index (κ3) is 5.09. The number of hydrogen-bond donors (Lipinski definition) is 2. The quantitative estimate of drug-likeness (QED) is 0.598. The predicted molar refractivity (Wildman–Crippen MR) is 58.7 cm³/mol. The standard InChI is InChI=1S/C10H20N2O4/c1-7(11)9(14)12-10(2,6-15-3)5-8(13)16-4/h7H,5-6,11H2,1-4H3,(H,12,14)/t7-,10?/m0/s1. The normalized spacial score (nSPS) is 16.1. The van der Waals surface area contributed by atoms with Crippen LogP contribution in [0, 0.1) is 0 Å². The summed E-state index contributed by atoms with van der Waals surface area (Å²) in [6, 6.07) is -0.631. The molecule has 0 aliphatic carbocycles. The van der Waals surface area contributed by atoms with Gasteiger partial charge in [-0.25, -0.2) is 0 Å². The second-order valence-electron chi connectivity index (χ2n) is 4.02. The molecule has 16 heavy (non-hydrogen) atoms. The zero-order valence-electron chi connectivity index (χ0n) is 10.2. The van der Waals surface area contributed by atoms with E-state index in [1.54, 1.807) is 13.8 Å². The van der Waals surface area contributed by atoms with E-state index in [0.717, 1.165) is 0 Å². The summed E-state index contributed by atoms with van der Waals surface area (Å²) in [5.41, 5.74) is 4.63. The van der Waals surface area contributed by atoms with Crippen molar-refractivity contribution in [3.8, 4) is 0 Å². The fraction of sp³-hybridized carbons (Fsp3) is 0.800. The Morgan fingerprint density at radius 1 is 1.44 bits per heavy atom. The van der Waals surface area contributed by atoms with E-state index < -0.39 is 17.6 Å². The van der Waals surface area contributed by atoms with Crippen LogP contribution in [0.5, 0.6) is 0 Å². The molecule has 0 fully saturated rings. The van der Waals surface area contributed by atoms with Crippen molar-refractivity contribution >= 4 is 11.9 Å². The topological polar surface area (TPSA) is 90.6 Å². The Kier molecular flexibility index (Phi) is 5.98. The van der Waals surface area contributed by atoms with Gasteiger partial charge < -0.3 is 20.5 Å². The number of carbonyl (C=O) groups excluding carboxylic acids is 2. The Bertz CT molecular complexity index is 255. The Balaban J connectivity index is 4.55. The smallest absolute Gasteiger partial charge is 0.307 e. The lowest BCUT2D eigenvalue weighted by Gasteiger charge is -2.29. The molecule has 94 valence electrons. The molecule has 0 aromatic heterocycles. The Morgan fingerprint density at radius 2 is 2.00 bits per heavy atom. The van der Waals surface area contributed by atoms with Gasteiger partial charge in [0.2, 0.25) is 5.91 Å². The highest BCUT2D eigenvalue weighted by Gasteiger charge is 2.30. The van der Waals surface area contributed by atoms with Gasteiger partial charge in [0.15, 0.2) is 0 Å². The zero-order valence-corrected chi connectivity index (χ0v) is 10.2. The van der Waals surface area contributed by atoms with Gasteiger partial charge in [-0.05, 0) is 13.8 Å². The minimum absolute atomic E-state index is 0.0375. The molecule has 0 heterocycles. The number of hydrogen-bond acceptors (Lipinski definition) is 5. The van der Waals surface area contributed by atoms with Crippen molar-refractivity contribution in [3.63, 3.8) is 0 Å². The van der Waals surface area contributed by atoms with Gasteiger partial charge in [-0.1, -0.05) is 0 Å². The molecule has 0 saturated carbocycles. The highest BCUT2D eigenvalue weighted by atomic mass is 16.5. The summed E-state index contributed by atoms with van der Waals surface area (Å²) in [5.74, 6) is -0.743. The first-order chi connectivity index (χ1) is 7.34. The molecule has 1 amide bonds. The molecule has 6 nitrogen and oxygen atoms in total. The molecule has 0 rings (SSSR count). The Morgan fingerprint density at radius 3 is 2.38 bits per heavy atom. The maximum Gasteiger partial charge on any atom is 0.307 e. The van der Waals surface area contributed by atoms with Crippen LogP contribution in [0.1, 0.15) is 20.3 Å². The molecule has 3 N–H and O–H groups in total. The fourth-order valence-corrected chi connectivity index (χ4v) is 1.25. The van der Waals surface area contributed by atoms with E-state index in [1.165, 1.54) is 14.2 Å². The van der Waals surface area contributed by atoms with Crippen molar-refractivity contribution in [2.45, 2.75) is 31.8 Å². The highest BCUT2D eigenvalue weighted by Crippen LogP contribution is 2.11.